The van der Waals surface area contributed by atoms with Gasteiger partial charge in [0.1, 0.15) is 0 Å². The topological polar surface area (TPSA) is 24.7 Å². The van der Waals surface area contributed by atoms with Crippen molar-refractivity contribution in [1.29, 1.82) is 0 Å². The average Bonchev–Trinajstić information content (AvgIpc) is 2.34. The van der Waals surface area contributed by atoms with Crippen LogP contribution in [0, 0.1) is 0 Å². The highest BCUT2D eigenvalue weighted by molar-refractivity contribution is 5.04. The molecule has 10 heavy (non-hydrogen) atoms. The summed E-state index contributed by atoms with van der Waals surface area (Å²) in [7, 11) is 0. The van der Waals surface area contributed by atoms with Crippen molar-refractivity contribution in [3.63, 3.8) is 0 Å². The maximum absolute atomic E-state index is 4.11. The third-order valence-corrected chi connectivity index (χ3v) is 1.43. The standard InChI is InChI=1S/C8H14N2/c1-7(2)9-10-8-5-3-4-6-8/h5,7H,3-4,6H2,1-2H3. The fourth-order valence-corrected chi connectivity index (χ4v) is 0.934. The van der Waals surface area contributed by atoms with E-state index in [0.29, 0.717) is 6.04 Å². The van der Waals surface area contributed by atoms with Crippen molar-refractivity contribution in [3.05, 3.63) is 11.8 Å². The first kappa shape index (κ1) is 7.45. The van der Waals surface area contributed by atoms with Crippen molar-refractivity contribution in [2.45, 2.75) is 39.2 Å². The summed E-state index contributed by atoms with van der Waals surface area (Å²) in [5.41, 5.74) is 1.17. The first-order chi connectivity index (χ1) is 4.79. The predicted molar refractivity (Wildman–Crippen MR) is 41.9 cm³/mol. The minimum atomic E-state index is 0.335. The summed E-state index contributed by atoms with van der Waals surface area (Å²) in [5, 5.41) is 8.17. The summed E-state index contributed by atoms with van der Waals surface area (Å²) in [6, 6.07) is 0.335. The summed E-state index contributed by atoms with van der Waals surface area (Å²) in [4.78, 5) is 0. The van der Waals surface area contributed by atoms with Crippen LogP contribution in [-0.4, -0.2) is 6.04 Å². The van der Waals surface area contributed by atoms with Crippen LogP contribution in [0.3, 0.4) is 0 Å². The molecule has 0 aromatic heterocycles. The minimum Gasteiger partial charge on any atom is -0.186 e. The average molecular weight is 138 g/mol. The summed E-state index contributed by atoms with van der Waals surface area (Å²) >= 11 is 0. The Labute approximate surface area is 62.0 Å². The Bertz CT molecular complexity index is 157. The van der Waals surface area contributed by atoms with E-state index in [4.69, 9.17) is 0 Å². The summed E-state index contributed by atoms with van der Waals surface area (Å²) in [6.45, 7) is 4.08. The van der Waals surface area contributed by atoms with E-state index in [1.807, 2.05) is 13.8 Å². The van der Waals surface area contributed by atoms with Crippen LogP contribution >= 0.6 is 0 Å². The highest BCUT2D eigenvalue weighted by Gasteiger charge is 2.01. The van der Waals surface area contributed by atoms with E-state index in [0.717, 1.165) is 6.42 Å². The van der Waals surface area contributed by atoms with Crippen LogP contribution in [0.2, 0.25) is 0 Å². The van der Waals surface area contributed by atoms with Gasteiger partial charge in [0.05, 0.1) is 11.7 Å². The van der Waals surface area contributed by atoms with Gasteiger partial charge in [-0.2, -0.15) is 10.2 Å². The van der Waals surface area contributed by atoms with Crippen LogP contribution in [0.5, 0.6) is 0 Å². The molecule has 2 heteroatoms. The molecule has 1 aliphatic rings. The van der Waals surface area contributed by atoms with Gasteiger partial charge >= 0.3 is 0 Å². The van der Waals surface area contributed by atoms with E-state index >= 15 is 0 Å². The molecule has 0 unspecified atom stereocenters. The van der Waals surface area contributed by atoms with Crippen LogP contribution in [0.4, 0.5) is 0 Å². The number of rotatable bonds is 2. The molecule has 0 bridgehead atoms. The van der Waals surface area contributed by atoms with Crippen molar-refractivity contribution in [2.24, 2.45) is 10.2 Å². The Morgan fingerprint density at radius 2 is 2.30 bits per heavy atom. The minimum absolute atomic E-state index is 0.335. The first-order valence-corrected chi connectivity index (χ1v) is 3.89. The van der Waals surface area contributed by atoms with Crippen LogP contribution in [0.15, 0.2) is 22.0 Å². The second kappa shape index (κ2) is 3.49. The van der Waals surface area contributed by atoms with Gasteiger partial charge in [-0.05, 0) is 33.1 Å². The van der Waals surface area contributed by atoms with Gasteiger partial charge in [-0.15, -0.1) is 0 Å². The molecule has 0 atom stereocenters. The molecule has 0 amide bonds. The van der Waals surface area contributed by atoms with Crippen molar-refractivity contribution in [2.75, 3.05) is 0 Å². The van der Waals surface area contributed by atoms with E-state index in [-0.39, 0.29) is 0 Å². The van der Waals surface area contributed by atoms with Gasteiger partial charge in [0.25, 0.3) is 0 Å². The van der Waals surface area contributed by atoms with Gasteiger partial charge in [-0.25, -0.2) is 0 Å². The third kappa shape index (κ3) is 2.29. The van der Waals surface area contributed by atoms with E-state index in [1.165, 1.54) is 18.5 Å². The monoisotopic (exact) mass is 138 g/mol. The number of allylic oxidation sites excluding steroid dienone is 2. The molecule has 0 radical (unpaired) electrons. The van der Waals surface area contributed by atoms with Gasteiger partial charge < -0.3 is 0 Å². The van der Waals surface area contributed by atoms with E-state index in [2.05, 4.69) is 16.3 Å². The van der Waals surface area contributed by atoms with Crippen LogP contribution in [-0.2, 0) is 0 Å². The van der Waals surface area contributed by atoms with Crippen molar-refractivity contribution in [1.82, 2.24) is 0 Å². The van der Waals surface area contributed by atoms with E-state index in [1.54, 1.807) is 0 Å². The second-order valence-electron chi connectivity index (χ2n) is 2.90. The van der Waals surface area contributed by atoms with E-state index in [9.17, 15) is 0 Å². The maximum Gasteiger partial charge on any atom is 0.0656 e. The molecular formula is C8H14N2. The summed E-state index contributed by atoms with van der Waals surface area (Å²) in [6.07, 6.45) is 5.74. The third-order valence-electron chi connectivity index (χ3n) is 1.43. The quantitative estimate of drug-likeness (QED) is 0.524. The summed E-state index contributed by atoms with van der Waals surface area (Å²) in [5.74, 6) is 0. The number of hydrogen-bond donors (Lipinski definition) is 0. The highest BCUT2D eigenvalue weighted by atomic mass is 15.1. The Morgan fingerprint density at radius 3 is 2.80 bits per heavy atom. The van der Waals surface area contributed by atoms with E-state index < -0.39 is 0 Å². The molecule has 56 valence electrons. The molecule has 0 N–H and O–H groups in total. The van der Waals surface area contributed by atoms with Gasteiger partial charge in [0.15, 0.2) is 0 Å². The molecule has 0 aliphatic heterocycles. The van der Waals surface area contributed by atoms with Gasteiger partial charge in [-0.3, -0.25) is 0 Å². The number of azo groups is 1. The molecule has 1 rings (SSSR count). The fraction of sp³-hybridized carbons (Fsp3) is 0.750. The van der Waals surface area contributed by atoms with Crippen LogP contribution < -0.4 is 0 Å². The lowest BCUT2D eigenvalue weighted by Gasteiger charge is -1.92. The van der Waals surface area contributed by atoms with Crippen molar-refractivity contribution < 1.29 is 0 Å². The maximum atomic E-state index is 4.11. The normalized spacial score (nSPS) is 18.9. The van der Waals surface area contributed by atoms with Crippen molar-refractivity contribution in [3.8, 4) is 0 Å². The lowest BCUT2D eigenvalue weighted by Crippen LogP contribution is -1.84. The lowest BCUT2D eigenvalue weighted by atomic mass is 10.3. The molecule has 0 saturated heterocycles. The molecule has 0 saturated carbocycles. The molecule has 0 aromatic carbocycles. The fourth-order valence-electron chi connectivity index (χ4n) is 0.934. The number of nitrogens with zero attached hydrogens (tertiary/aromatic N) is 2. The van der Waals surface area contributed by atoms with Gasteiger partial charge in [0, 0.05) is 0 Å². The second-order valence-corrected chi connectivity index (χ2v) is 2.90. The zero-order valence-electron chi connectivity index (χ0n) is 6.67. The number of hydrogen-bond acceptors (Lipinski definition) is 2. The Hall–Kier alpha value is -0.660. The molecule has 0 heterocycles. The highest BCUT2D eigenvalue weighted by Crippen LogP contribution is 2.18. The molecule has 0 fully saturated rings. The van der Waals surface area contributed by atoms with Gasteiger partial charge in [-0.1, -0.05) is 6.08 Å². The molecule has 0 aromatic rings. The zero-order chi connectivity index (χ0) is 7.40. The van der Waals surface area contributed by atoms with Crippen LogP contribution in [0.1, 0.15) is 33.1 Å². The summed E-state index contributed by atoms with van der Waals surface area (Å²) < 4.78 is 0. The zero-order valence-corrected chi connectivity index (χ0v) is 6.67. The smallest absolute Gasteiger partial charge is 0.0656 e. The Balaban J connectivity index is 2.37. The Morgan fingerprint density at radius 1 is 1.50 bits per heavy atom. The first-order valence-electron chi connectivity index (χ1n) is 3.89. The van der Waals surface area contributed by atoms with Crippen molar-refractivity contribution >= 4 is 0 Å². The van der Waals surface area contributed by atoms with Gasteiger partial charge in [0.2, 0.25) is 0 Å². The molecule has 0 spiro atoms. The largest absolute Gasteiger partial charge is 0.186 e. The molecule has 2 nitrogen and oxygen atoms in total. The SMILES string of the molecule is CC(C)N=NC1=CCCC1. The van der Waals surface area contributed by atoms with Crippen LogP contribution in [0.25, 0.3) is 0 Å². The molecular weight excluding hydrogens is 124 g/mol. The lowest BCUT2D eigenvalue weighted by molar-refractivity contribution is 0.756. The Kier molecular flexibility index (Phi) is 2.60. The molecule has 1 aliphatic carbocycles. The predicted octanol–water partition coefficient (Wildman–Crippen LogP) is 2.91.